The summed E-state index contributed by atoms with van der Waals surface area (Å²) in [5.41, 5.74) is 0.321. The number of allylic oxidation sites excluding steroid dienone is 1. The molecule has 0 aromatic heterocycles. The lowest BCUT2D eigenvalue weighted by molar-refractivity contribution is -0.384. The van der Waals surface area contributed by atoms with E-state index in [2.05, 4.69) is 6.08 Å². The lowest BCUT2D eigenvalue weighted by Gasteiger charge is -2.23. The number of fused-ring (bicyclic) bond motifs is 2. The molecule has 5 heteroatoms. The van der Waals surface area contributed by atoms with E-state index in [1.807, 2.05) is 6.08 Å². The summed E-state index contributed by atoms with van der Waals surface area (Å²) in [7, 11) is 0. The molecule has 0 unspecified atom stereocenters. The van der Waals surface area contributed by atoms with Crippen LogP contribution in [0.1, 0.15) is 29.6 Å². The van der Waals surface area contributed by atoms with E-state index in [0.717, 1.165) is 12.8 Å². The van der Waals surface area contributed by atoms with Gasteiger partial charge in [-0.05, 0) is 43.4 Å². The summed E-state index contributed by atoms with van der Waals surface area (Å²) < 4.78 is 5.51. The first-order valence-corrected chi connectivity index (χ1v) is 6.77. The van der Waals surface area contributed by atoms with Crippen molar-refractivity contribution in [3.63, 3.8) is 0 Å². The highest BCUT2D eigenvalue weighted by molar-refractivity contribution is 5.89. The monoisotopic (exact) mass is 273 g/mol. The fourth-order valence-corrected chi connectivity index (χ4v) is 3.00. The van der Waals surface area contributed by atoms with Crippen molar-refractivity contribution >= 4 is 11.7 Å². The van der Waals surface area contributed by atoms with Gasteiger partial charge in [0.1, 0.15) is 6.10 Å². The van der Waals surface area contributed by atoms with Crippen LogP contribution >= 0.6 is 0 Å². The molecule has 2 aliphatic rings. The third-order valence-electron chi connectivity index (χ3n) is 4.11. The molecule has 104 valence electrons. The molecule has 1 aromatic rings. The van der Waals surface area contributed by atoms with Gasteiger partial charge in [-0.2, -0.15) is 0 Å². The summed E-state index contributed by atoms with van der Waals surface area (Å²) in [6, 6.07) is 5.51. The van der Waals surface area contributed by atoms with Gasteiger partial charge in [0.05, 0.1) is 10.5 Å². The largest absolute Gasteiger partial charge is 0.454 e. The van der Waals surface area contributed by atoms with E-state index >= 15 is 0 Å². The Morgan fingerprint density at radius 3 is 2.65 bits per heavy atom. The van der Waals surface area contributed by atoms with Crippen molar-refractivity contribution in [1.29, 1.82) is 0 Å². The van der Waals surface area contributed by atoms with E-state index in [4.69, 9.17) is 4.74 Å². The Hall–Kier alpha value is -2.17. The number of nitro groups is 1. The number of nitro benzene ring substituents is 1. The van der Waals surface area contributed by atoms with Crippen molar-refractivity contribution < 1.29 is 14.5 Å². The number of carbonyl (C=O) groups is 1. The lowest BCUT2D eigenvalue weighted by atomic mass is 9.93. The Labute approximate surface area is 116 Å². The molecule has 1 aromatic carbocycles. The Morgan fingerprint density at radius 1 is 1.20 bits per heavy atom. The molecule has 0 aliphatic heterocycles. The number of benzene rings is 1. The van der Waals surface area contributed by atoms with E-state index < -0.39 is 10.9 Å². The molecule has 3 atom stereocenters. The highest BCUT2D eigenvalue weighted by Gasteiger charge is 2.34. The third-order valence-corrected chi connectivity index (χ3v) is 4.11. The molecule has 0 amide bonds. The zero-order valence-electron chi connectivity index (χ0n) is 10.9. The first kappa shape index (κ1) is 12.8. The number of ether oxygens (including phenoxy) is 1. The topological polar surface area (TPSA) is 69.4 Å². The zero-order chi connectivity index (χ0) is 14.1. The Morgan fingerprint density at radius 2 is 1.95 bits per heavy atom. The third kappa shape index (κ3) is 2.43. The quantitative estimate of drug-likeness (QED) is 0.367. The van der Waals surface area contributed by atoms with E-state index in [9.17, 15) is 14.9 Å². The summed E-state index contributed by atoms with van der Waals surface area (Å²) in [4.78, 5) is 22.1. The van der Waals surface area contributed by atoms with Gasteiger partial charge in [-0.15, -0.1) is 0 Å². The van der Waals surface area contributed by atoms with Crippen molar-refractivity contribution in [3.05, 3.63) is 52.1 Å². The highest BCUT2D eigenvalue weighted by Crippen LogP contribution is 2.39. The predicted octanol–water partition coefficient (Wildman–Crippen LogP) is 3.11. The predicted molar refractivity (Wildman–Crippen MR) is 72.3 cm³/mol. The molecule has 0 spiro atoms. The number of hydrogen-bond acceptors (Lipinski definition) is 4. The summed E-state index contributed by atoms with van der Waals surface area (Å²) >= 11 is 0. The van der Waals surface area contributed by atoms with E-state index in [1.54, 1.807) is 0 Å². The fourth-order valence-electron chi connectivity index (χ4n) is 3.00. The SMILES string of the molecule is O=C(O[C@H]1C=C[C@@H]2CC[C@@H]1C2)c1ccc([N+](=O)[O-])cc1. The molecule has 2 bridgehead atoms. The van der Waals surface area contributed by atoms with Crippen LogP contribution in [0.3, 0.4) is 0 Å². The molecule has 0 radical (unpaired) electrons. The molecular formula is C15H15NO4. The first-order chi connectivity index (χ1) is 9.63. The van der Waals surface area contributed by atoms with Gasteiger partial charge in [-0.3, -0.25) is 10.1 Å². The number of esters is 1. The average molecular weight is 273 g/mol. The minimum absolute atomic E-state index is 0.0299. The molecule has 20 heavy (non-hydrogen) atoms. The van der Waals surface area contributed by atoms with Gasteiger partial charge < -0.3 is 4.74 Å². The van der Waals surface area contributed by atoms with Crippen LogP contribution in [0, 0.1) is 22.0 Å². The number of rotatable bonds is 3. The average Bonchev–Trinajstić information content (AvgIpc) is 2.85. The van der Waals surface area contributed by atoms with E-state index in [1.165, 1.54) is 30.7 Å². The van der Waals surface area contributed by atoms with Crippen LogP contribution in [0.4, 0.5) is 5.69 Å². The van der Waals surface area contributed by atoms with Crippen LogP contribution in [0.25, 0.3) is 0 Å². The van der Waals surface area contributed by atoms with Gasteiger partial charge >= 0.3 is 5.97 Å². The summed E-state index contributed by atoms with van der Waals surface area (Å²) in [5, 5.41) is 10.6. The standard InChI is InChI=1S/C15H15NO4/c17-15(11-4-6-13(7-5-11)16(18)19)20-14-8-2-10-1-3-12(14)9-10/h2,4-8,10,12,14H,1,3,9H2/t10-,12+,14-/m0/s1. The van der Waals surface area contributed by atoms with Crippen LogP contribution < -0.4 is 0 Å². The first-order valence-electron chi connectivity index (χ1n) is 6.77. The van der Waals surface area contributed by atoms with Crippen LogP contribution in [-0.2, 0) is 4.74 Å². The molecule has 1 fully saturated rings. The second-order valence-corrected chi connectivity index (χ2v) is 5.39. The fraction of sp³-hybridized carbons (Fsp3) is 0.400. The van der Waals surface area contributed by atoms with Crippen LogP contribution in [0.15, 0.2) is 36.4 Å². The molecule has 1 saturated carbocycles. The van der Waals surface area contributed by atoms with Gasteiger partial charge in [-0.1, -0.05) is 6.08 Å². The second-order valence-electron chi connectivity index (χ2n) is 5.39. The maximum absolute atomic E-state index is 12.0. The van der Waals surface area contributed by atoms with Gasteiger partial charge in [0.2, 0.25) is 0 Å². The van der Waals surface area contributed by atoms with Crippen molar-refractivity contribution in [2.75, 3.05) is 0 Å². The molecule has 0 saturated heterocycles. The highest BCUT2D eigenvalue weighted by atomic mass is 16.6. The van der Waals surface area contributed by atoms with E-state index in [-0.39, 0.29) is 11.8 Å². The molecule has 2 aliphatic carbocycles. The Bertz CT molecular complexity index is 564. The van der Waals surface area contributed by atoms with Gasteiger partial charge in [0, 0.05) is 18.1 Å². The van der Waals surface area contributed by atoms with Crippen molar-refractivity contribution in [2.24, 2.45) is 11.8 Å². The smallest absolute Gasteiger partial charge is 0.338 e. The summed E-state index contributed by atoms with van der Waals surface area (Å²) in [6.45, 7) is 0. The van der Waals surface area contributed by atoms with Crippen LogP contribution in [0.2, 0.25) is 0 Å². The maximum atomic E-state index is 12.0. The van der Waals surface area contributed by atoms with Gasteiger partial charge in [0.15, 0.2) is 0 Å². The Balaban J connectivity index is 1.68. The number of carbonyl (C=O) groups excluding carboxylic acids is 1. The molecule has 5 nitrogen and oxygen atoms in total. The molecule has 0 N–H and O–H groups in total. The zero-order valence-corrected chi connectivity index (χ0v) is 10.9. The van der Waals surface area contributed by atoms with Crippen molar-refractivity contribution in [3.8, 4) is 0 Å². The van der Waals surface area contributed by atoms with Crippen LogP contribution in [0.5, 0.6) is 0 Å². The number of hydrogen-bond donors (Lipinski definition) is 0. The Kier molecular flexibility index (Phi) is 3.26. The summed E-state index contributed by atoms with van der Waals surface area (Å²) in [5.74, 6) is 0.654. The normalized spacial score (nSPS) is 27.3. The number of nitrogens with zero attached hydrogens (tertiary/aromatic N) is 1. The maximum Gasteiger partial charge on any atom is 0.338 e. The lowest BCUT2D eigenvalue weighted by Crippen LogP contribution is -2.25. The minimum atomic E-state index is -0.488. The number of non-ortho nitro benzene ring substituents is 1. The molecule has 3 rings (SSSR count). The van der Waals surface area contributed by atoms with Gasteiger partial charge in [0.25, 0.3) is 5.69 Å². The van der Waals surface area contributed by atoms with E-state index in [0.29, 0.717) is 17.4 Å². The molecular weight excluding hydrogens is 258 g/mol. The second kappa shape index (κ2) is 5.07. The van der Waals surface area contributed by atoms with Crippen molar-refractivity contribution in [2.45, 2.75) is 25.4 Å². The van der Waals surface area contributed by atoms with Gasteiger partial charge in [-0.25, -0.2) is 4.79 Å². The van der Waals surface area contributed by atoms with Crippen molar-refractivity contribution in [1.82, 2.24) is 0 Å². The summed E-state index contributed by atoms with van der Waals surface area (Å²) in [6.07, 6.45) is 7.32. The minimum Gasteiger partial charge on any atom is -0.454 e. The molecule has 0 heterocycles. The van der Waals surface area contributed by atoms with Crippen LogP contribution in [-0.4, -0.2) is 17.0 Å².